The van der Waals surface area contributed by atoms with Crippen LogP contribution in [-0.4, -0.2) is 11.7 Å². The van der Waals surface area contributed by atoms with E-state index < -0.39 is 0 Å². The molecule has 1 amide bonds. The smallest absolute Gasteiger partial charge is 0.224 e. The van der Waals surface area contributed by atoms with Crippen LogP contribution in [-0.2, 0) is 4.79 Å². The molecule has 0 saturated heterocycles. The lowest BCUT2D eigenvalue weighted by Crippen LogP contribution is -2.26. The Labute approximate surface area is 125 Å². The Hall–Kier alpha value is -2.16. The van der Waals surface area contributed by atoms with Gasteiger partial charge in [-0.2, -0.15) is 0 Å². The molecule has 0 heterocycles. The molecule has 0 unspecified atom stereocenters. The number of benzene rings is 1. The summed E-state index contributed by atoms with van der Waals surface area (Å²) in [6, 6.07) is 7.53. The van der Waals surface area contributed by atoms with E-state index in [1.165, 1.54) is 0 Å². The number of Topliss-reactive ketones (excluding diaryl/α,β-unsaturated/α-hetero) is 1. The van der Waals surface area contributed by atoms with Crippen molar-refractivity contribution in [3.63, 3.8) is 0 Å². The first-order valence-corrected chi connectivity index (χ1v) is 7.47. The van der Waals surface area contributed by atoms with Crippen LogP contribution in [0.15, 0.2) is 42.6 Å². The Morgan fingerprint density at radius 3 is 2.67 bits per heavy atom. The number of rotatable bonds is 7. The molecule has 1 aliphatic carbocycles. The summed E-state index contributed by atoms with van der Waals surface area (Å²) < 4.78 is 0. The van der Waals surface area contributed by atoms with Gasteiger partial charge in [-0.1, -0.05) is 43.7 Å². The van der Waals surface area contributed by atoms with Gasteiger partial charge >= 0.3 is 0 Å². The molecule has 0 radical (unpaired) electrons. The summed E-state index contributed by atoms with van der Waals surface area (Å²) in [5.41, 5.74) is 3.01. The summed E-state index contributed by atoms with van der Waals surface area (Å²) in [6.45, 7) is 5.77. The molecule has 1 aliphatic rings. The third-order valence-electron chi connectivity index (χ3n) is 3.65. The van der Waals surface area contributed by atoms with Crippen LogP contribution in [0.2, 0.25) is 0 Å². The SMILES string of the molecule is C=CCCC1=C(NC(=O)CCCC)C(=O)c2ccccc21. The second-order valence-corrected chi connectivity index (χ2v) is 5.21. The van der Waals surface area contributed by atoms with E-state index in [9.17, 15) is 9.59 Å². The molecule has 0 aliphatic heterocycles. The molecule has 0 aromatic heterocycles. The Morgan fingerprint density at radius 1 is 1.29 bits per heavy atom. The highest BCUT2D eigenvalue weighted by molar-refractivity contribution is 6.21. The van der Waals surface area contributed by atoms with Crippen molar-refractivity contribution in [2.24, 2.45) is 0 Å². The molecule has 21 heavy (non-hydrogen) atoms. The number of unbranched alkanes of at least 4 members (excludes halogenated alkanes) is 1. The van der Waals surface area contributed by atoms with Gasteiger partial charge in [-0.25, -0.2) is 0 Å². The summed E-state index contributed by atoms with van der Waals surface area (Å²) >= 11 is 0. The van der Waals surface area contributed by atoms with Gasteiger partial charge in [-0.05, 0) is 30.4 Å². The minimum Gasteiger partial charge on any atom is -0.323 e. The van der Waals surface area contributed by atoms with E-state index in [0.717, 1.165) is 36.8 Å². The van der Waals surface area contributed by atoms with Gasteiger partial charge < -0.3 is 5.32 Å². The van der Waals surface area contributed by atoms with Crippen molar-refractivity contribution in [1.29, 1.82) is 0 Å². The van der Waals surface area contributed by atoms with Crippen molar-refractivity contribution in [3.8, 4) is 0 Å². The molecule has 0 fully saturated rings. The highest BCUT2D eigenvalue weighted by Crippen LogP contribution is 2.34. The van der Waals surface area contributed by atoms with Gasteiger partial charge in [-0.15, -0.1) is 6.58 Å². The van der Waals surface area contributed by atoms with Crippen molar-refractivity contribution >= 4 is 17.3 Å². The van der Waals surface area contributed by atoms with E-state index >= 15 is 0 Å². The molecular weight excluding hydrogens is 262 g/mol. The zero-order valence-corrected chi connectivity index (χ0v) is 12.4. The molecular formula is C18H21NO2. The maximum Gasteiger partial charge on any atom is 0.224 e. The standard InChI is InChI=1S/C18H21NO2/c1-3-5-9-14-13-10-7-8-11-15(13)18(21)17(14)19-16(20)12-6-4-2/h3,7-8,10-11H,1,4-6,9,12H2,2H3,(H,19,20,21). The van der Waals surface area contributed by atoms with Gasteiger partial charge in [0, 0.05) is 12.0 Å². The molecule has 0 spiro atoms. The zero-order chi connectivity index (χ0) is 15.2. The predicted octanol–water partition coefficient (Wildman–Crippen LogP) is 3.87. The van der Waals surface area contributed by atoms with E-state index in [2.05, 4.69) is 11.9 Å². The summed E-state index contributed by atoms with van der Waals surface area (Å²) in [5.74, 6) is -0.154. The van der Waals surface area contributed by atoms with Crippen LogP contribution in [0, 0.1) is 0 Å². The van der Waals surface area contributed by atoms with Crippen LogP contribution < -0.4 is 5.32 Å². The zero-order valence-electron chi connectivity index (χ0n) is 12.4. The number of amides is 1. The van der Waals surface area contributed by atoms with Gasteiger partial charge in [0.1, 0.15) is 0 Å². The highest BCUT2D eigenvalue weighted by Gasteiger charge is 2.29. The number of nitrogens with one attached hydrogen (secondary N) is 1. The fraction of sp³-hybridized carbons (Fsp3) is 0.333. The summed E-state index contributed by atoms with van der Waals surface area (Å²) in [4.78, 5) is 24.4. The van der Waals surface area contributed by atoms with Gasteiger partial charge in [0.15, 0.2) is 0 Å². The summed E-state index contributed by atoms with van der Waals surface area (Å²) in [6.07, 6.45) is 5.58. The Balaban J connectivity index is 2.28. The number of carbonyl (C=O) groups excluding carboxylic acids is 2. The first-order valence-electron chi connectivity index (χ1n) is 7.47. The normalized spacial score (nSPS) is 13.3. The van der Waals surface area contributed by atoms with Crippen LogP contribution in [0.5, 0.6) is 0 Å². The second kappa shape index (κ2) is 7.02. The summed E-state index contributed by atoms with van der Waals surface area (Å²) in [5, 5.41) is 2.83. The molecule has 110 valence electrons. The second-order valence-electron chi connectivity index (χ2n) is 5.21. The molecule has 3 nitrogen and oxygen atoms in total. The van der Waals surface area contributed by atoms with Gasteiger partial charge in [-0.3, -0.25) is 9.59 Å². The molecule has 3 heteroatoms. The number of hydrogen-bond acceptors (Lipinski definition) is 2. The lowest BCUT2D eigenvalue weighted by atomic mass is 10.0. The molecule has 1 aromatic carbocycles. The largest absolute Gasteiger partial charge is 0.323 e. The van der Waals surface area contributed by atoms with E-state index in [1.807, 2.05) is 37.3 Å². The molecule has 0 bridgehead atoms. The lowest BCUT2D eigenvalue weighted by Gasteiger charge is -2.08. The third-order valence-corrected chi connectivity index (χ3v) is 3.65. The minimum atomic E-state index is -0.0795. The van der Waals surface area contributed by atoms with Crippen LogP contribution >= 0.6 is 0 Å². The molecule has 2 rings (SSSR count). The lowest BCUT2D eigenvalue weighted by molar-refractivity contribution is -0.120. The van der Waals surface area contributed by atoms with E-state index in [-0.39, 0.29) is 11.7 Å². The quantitative estimate of drug-likeness (QED) is 0.772. The first kappa shape index (κ1) is 15.2. The summed E-state index contributed by atoms with van der Waals surface area (Å²) in [7, 11) is 0. The van der Waals surface area contributed by atoms with Crippen molar-refractivity contribution in [1.82, 2.24) is 5.32 Å². The Morgan fingerprint density at radius 2 is 2.00 bits per heavy atom. The molecule has 0 saturated carbocycles. The van der Waals surface area contributed by atoms with E-state index in [0.29, 0.717) is 17.7 Å². The van der Waals surface area contributed by atoms with Crippen LogP contribution in [0.3, 0.4) is 0 Å². The number of allylic oxidation sites excluding steroid dienone is 3. The Bertz CT molecular complexity index is 599. The van der Waals surface area contributed by atoms with Gasteiger partial charge in [0.2, 0.25) is 11.7 Å². The molecule has 1 aromatic rings. The fourth-order valence-electron chi connectivity index (χ4n) is 2.53. The van der Waals surface area contributed by atoms with Crippen molar-refractivity contribution < 1.29 is 9.59 Å². The average Bonchev–Trinajstić information content (AvgIpc) is 2.76. The Kier molecular flexibility index (Phi) is 5.09. The topological polar surface area (TPSA) is 46.2 Å². The minimum absolute atomic E-state index is 0.0745. The van der Waals surface area contributed by atoms with Gasteiger partial charge in [0.05, 0.1) is 5.70 Å². The van der Waals surface area contributed by atoms with Gasteiger partial charge in [0.25, 0.3) is 0 Å². The van der Waals surface area contributed by atoms with Crippen LogP contribution in [0.1, 0.15) is 54.9 Å². The van der Waals surface area contributed by atoms with E-state index in [4.69, 9.17) is 0 Å². The highest BCUT2D eigenvalue weighted by atomic mass is 16.2. The van der Waals surface area contributed by atoms with E-state index in [1.54, 1.807) is 0 Å². The van der Waals surface area contributed by atoms with Crippen LogP contribution in [0.4, 0.5) is 0 Å². The predicted molar refractivity (Wildman–Crippen MR) is 84.8 cm³/mol. The van der Waals surface area contributed by atoms with Crippen molar-refractivity contribution in [3.05, 3.63) is 53.7 Å². The maximum absolute atomic E-state index is 12.5. The van der Waals surface area contributed by atoms with Crippen LogP contribution in [0.25, 0.3) is 5.57 Å². The third kappa shape index (κ3) is 3.30. The molecule has 1 N–H and O–H groups in total. The number of carbonyl (C=O) groups is 2. The number of fused-ring (bicyclic) bond motifs is 1. The maximum atomic E-state index is 12.5. The molecule has 0 atom stereocenters. The first-order chi connectivity index (χ1) is 10.2. The van der Waals surface area contributed by atoms with Crippen molar-refractivity contribution in [2.45, 2.75) is 39.0 Å². The number of hydrogen-bond donors (Lipinski definition) is 1. The monoisotopic (exact) mass is 283 g/mol. The fourth-order valence-corrected chi connectivity index (χ4v) is 2.53. The number of ketones is 1. The average molecular weight is 283 g/mol. The van der Waals surface area contributed by atoms with Crippen molar-refractivity contribution in [2.75, 3.05) is 0 Å².